The van der Waals surface area contributed by atoms with E-state index < -0.39 is 5.41 Å². The Balaban J connectivity index is 0.000000246. The van der Waals surface area contributed by atoms with Crippen LogP contribution in [0.4, 0.5) is 0 Å². The topological polar surface area (TPSA) is 50.2 Å². The first kappa shape index (κ1) is 33.3. The first-order valence-electron chi connectivity index (χ1n) is 14.8. The summed E-state index contributed by atoms with van der Waals surface area (Å²) in [5.74, 6) is 0.104. The van der Waals surface area contributed by atoms with Crippen molar-refractivity contribution < 1.29 is 30.0 Å². The fourth-order valence-electron chi connectivity index (χ4n) is 5.29. The molecular formula is C38H35BIrNO2S2-. The summed E-state index contributed by atoms with van der Waals surface area (Å²) in [5, 5.41) is 11.9. The Morgan fingerprint density at radius 2 is 1.38 bits per heavy atom. The van der Waals surface area contributed by atoms with E-state index in [1.54, 1.807) is 0 Å². The number of carbonyl (C=O) groups is 1. The number of carbonyl (C=O) groups excluding carboxylic acids is 1. The van der Waals surface area contributed by atoms with Crippen LogP contribution in [0.15, 0.2) is 123 Å². The first-order chi connectivity index (χ1) is 20.9. The van der Waals surface area contributed by atoms with Gasteiger partial charge in [-0.1, -0.05) is 129 Å². The number of allylic oxidation sites excluding steroid dienone is 2. The van der Waals surface area contributed by atoms with Gasteiger partial charge in [0, 0.05) is 43.2 Å². The summed E-state index contributed by atoms with van der Waals surface area (Å²) in [6, 6.07) is 34.1. The molecule has 0 amide bonds. The second-order valence-corrected chi connectivity index (χ2v) is 15.4. The van der Waals surface area contributed by atoms with Gasteiger partial charge in [0.05, 0.1) is 0 Å². The molecule has 0 saturated heterocycles. The van der Waals surface area contributed by atoms with Crippen LogP contribution in [0.2, 0.25) is 0 Å². The number of aromatic nitrogens is 1. The molecule has 0 fully saturated rings. The van der Waals surface area contributed by atoms with Crippen LogP contribution >= 0.6 is 23.5 Å². The van der Waals surface area contributed by atoms with E-state index in [9.17, 15) is 9.90 Å². The zero-order valence-electron chi connectivity index (χ0n) is 26.3. The van der Waals surface area contributed by atoms with E-state index in [4.69, 9.17) is 4.98 Å². The van der Waals surface area contributed by atoms with Gasteiger partial charge < -0.3 is 10.1 Å². The molecule has 7 heteroatoms. The van der Waals surface area contributed by atoms with Crippen molar-refractivity contribution in [2.45, 2.75) is 61.1 Å². The van der Waals surface area contributed by atoms with Gasteiger partial charge in [-0.15, -0.1) is 46.7 Å². The van der Waals surface area contributed by atoms with E-state index in [1.807, 2.05) is 71.3 Å². The number of ketones is 1. The van der Waals surface area contributed by atoms with Crippen molar-refractivity contribution in [1.82, 2.24) is 4.98 Å². The van der Waals surface area contributed by atoms with Crippen molar-refractivity contribution in [2.24, 2.45) is 10.8 Å². The number of rotatable bonds is 2. The van der Waals surface area contributed by atoms with E-state index >= 15 is 0 Å². The molecule has 0 aliphatic carbocycles. The number of hydrogen-bond acceptors (Lipinski definition) is 5. The van der Waals surface area contributed by atoms with Crippen LogP contribution in [0.5, 0.6) is 0 Å². The van der Waals surface area contributed by atoms with Gasteiger partial charge in [-0.2, -0.15) is 0 Å². The van der Waals surface area contributed by atoms with Crippen molar-refractivity contribution in [1.29, 1.82) is 0 Å². The number of fused-ring (bicyclic) bond motifs is 5. The van der Waals surface area contributed by atoms with Gasteiger partial charge in [-0.3, -0.25) is 4.79 Å². The maximum absolute atomic E-state index is 11.5. The number of hydrogen-bond donors (Lipinski definition) is 1. The Bertz CT molecular complexity index is 1930. The second kappa shape index (κ2) is 13.0. The molecule has 0 atom stereocenters. The van der Waals surface area contributed by atoms with Crippen LogP contribution in [0.3, 0.4) is 0 Å². The molecule has 0 unspecified atom stereocenters. The van der Waals surface area contributed by atoms with Gasteiger partial charge in [0.15, 0.2) is 5.78 Å². The minimum absolute atomic E-state index is 0. The SMILES string of the molecule is CC(C)(C)C(=O)/C=C(\O)C(C)(C)C.[Ir].[c-]1cc2c3c(c1-c1cc4ccccc4cn1)Sc1ccccc1B3c1ccccc1S2. The summed E-state index contributed by atoms with van der Waals surface area (Å²) in [4.78, 5) is 21.6. The number of pyridine rings is 1. The molecule has 4 aromatic carbocycles. The smallest absolute Gasteiger partial charge is 0.227 e. The molecule has 0 bridgehead atoms. The normalized spacial score (nSPS) is 13.5. The van der Waals surface area contributed by atoms with E-state index in [2.05, 4.69) is 91.0 Å². The summed E-state index contributed by atoms with van der Waals surface area (Å²) >= 11 is 3.73. The van der Waals surface area contributed by atoms with Crippen molar-refractivity contribution in [3.05, 3.63) is 109 Å². The number of benzene rings is 4. The average Bonchev–Trinajstić information content (AvgIpc) is 3.00. The molecule has 229 valence electrons. The summed E-state index contributed by atoms with van der Waals surface area (Å²) < 4.78 is 0. The molecule has 3 nitrogen and oxygen atoms in total. The molecule has 0 spiro atoms. The van der Waals surface area contributed by atoms with Gasteiger partial charge >= 0.3 is 0 Å². The van der Waals surface area contributed by atoms with E-state index in [1.165, 1.54) is 52.8 Å². The molecule has 2 aliphatic rings. The van der Waals surface area contributed by atoms with Crippen LogP contribution in [0.1, 0.15) is 41.5 Å². The summed E-state index contributed by atoms with van der Waals surface area (Å²) in [6.07, 6.45) is 3.31. The maximum atomic E-state index is 11.5. The van der Waals surface area contributed by atoms with E-state index in [0.717, 1.165) is 11.3 Å². The van der Waals surface area contributed by atoms with Crippen molar-refractivity contribution in [3.63, 3.8) is 0 Å². The molecule has 45 heavy (non-hydrogen) atoms. The molecule has 1 radical (unpaired) electrons. The molecular weight excluding hydrogens is 770 g/mol. The Hall–Kier alpha value is -3.09. The summed E-state index contributed by atoms with van der Waals surface area (Å²) in [7, 11) is 0. The van der Waals surface area contributed by atoms with Crippen molar-refractivity contribution >= 4 is 63.2 Å². The molecule has 5 aromatic rings. The Morgan fingerprint density at radius 3 is 2.00 bits per heavy atom. The van der Waals surface area contributed by atoms with Gasteiger partial charge in [0.1, 0.15) is 5.76 Å². The predicted octanol–water partition coefficient (Wildman–Crippen LogP) is 8.23. The number of aliphatic hydroxyl groups is 1. The number of nitrogens with zero attached hydrogens (tertiary/aromatic N) is 1. The molecule has 7 rings (SSSR count). The minimum Gasteiger partial charge on any atom is -0.512 e. The summed E-state index contributed by atoms with van der Waals surface area (Å²) in [6.45, 7) is 11.4. The molecule has 3 heterocycles. The minimum atomic E-state index is -0.417. The first-order valence-corrected chi connectivity index (χ1v) is 16.5. The van der Waals surface area contributed by atoms with Crippen LogP contribution in [0, 0.1) is 16.9 Å². The van der Waals surface area contributed by atoms with Crippen LogP contribution in [-0.4, -0.2) is 22.6 Å². The molecule has 1 N–H and O–H groups in total. The average molecular weight is 805 g/mol. The van der Waals surface area contributed by atoms with Gasteiger partial charge in [-0.05, 0) is 38.4 Å². The van der Waals surface area contributed by atoms with Gasteiger partial charge in [-0.25, -0.2) is 0 Å². The fraction of sp³-hybridized carbons (Fsp3) is 0.211. The zero-order chi connectivity index (χ0) is 31.2. The van der Waals surface area contributed by atoms with Gasteiger partial charge in [0.2, 0.25) is 6.71 Å². The Kier molecular flexibility index (Phi) is 9.59. The van der Waals surface area contributed by atoms with Crippen LogP contribution < -0.4 is 16.4 Å². The predicted molar refractivity (Wildman–Crippen MR) is 186 cm³/mol. The molecule has 1 aromatic heterocycles. The number of aliphatic hydroxyl groups excluding tert-OH is 1. The van der Waals surface area contributed by atoms with Crippen molar-refractivity contribution in [3.8, 4) is 11.3 Å². The van der Waals surface area contributed by atoms with Crippen LogP contribution in [0.25, 0.3) is 22.0 Å². The van der Waals surface area contributed by atoms with Crippen molar-refractivity contribution in [2.75, 3.05) is 0 Å². The Morgan fingerprint density at radius 1 is 0.800 bits per heavy atom. The molecule has 2 aliphatic heterocycles. The largest absolute Gasteiger partial charge is 0.512 e. The zero-order valence-corrected chi connectivity index (χ0v) is 30.3. The molecule has 0 saturated carbocycles. The third kappa shape index (κ3) is 6.73. The summed E-state index contributed by atoms with van der Waals surface area (Å²) in [5.41, 5.74) is 5.55. The van der Waals surface area contributed by atoms with E-state index in [0.29, 0.717) is 0 Å². The standard InChI is InChI=1S/C27H15BNS2.C11H20O2.Ir/c1-2-8-18-16-29-22(15-17(18)7-1)19-13-14-25-26-27(19)31-24-12-6-4-10-21(24)28(26)20-9-3-5-11-23(20)30-25;1-10(2,3)8(12)7-9(13)11(4,5)6;/h1-12,14-16H;7,12H,1-6H3;/q-1;;/b;8-7-;. The van der Waals surface area contributed by atoms with Gasteiger partial charge in [0.25, 0.3) is 0 Å². The third-order valence-electron chi connectivity index (χ3n) is 7.93. The van der Waals surface area contributed by atoms with E-state index in [-0.39, 0.29) is 43.8 Å². The fourth-order valence-corrected chi connectivity index (χ4v) is 7.76. The maximum Gasteiger partial charge on any atom is 0.227 e. The second-order valence-electron chi connectivity index (χ2n) is 13.3. The Labute approximate surface area is 288 Å². The monoisotopic (exact) mass is 805 g/mol. The van der Waals surface area contributed by atoms with Crippen LogP contribution in [-0.2, 0) is 24.9 Å². The quantitative estimate of drug-likeness (QED) is 0.0827. The third-order valence-corrected chi connectivity index (χ3v) is 10.3.